The van der Waals surface area contributed by atoms with E-state index >= 15 is 0 Å². The second-order valence-electron chi connectivity index (χ2n) is 6.18. The number of ether oxygens (including phenoxy) is 1. The zero-order valence-corrected chi connectivity index (χ0v) is 13.4. The predicted octanol–water partition coefficient (Wildman–Crippen LogP) is 2.33. The normalized spacial score (nSPS) is 19.5. The van der Waals surface area contributed by atoms with Crippen LogP contribution in [0.25, 0.3) is 0 Å². The maximum Gasteiger partial charge on any atom is 0.270 e. The molecule has 1 N–H and O–H groups in total. The molecule has 1 saturated heterocycles. The summed E-state index contributed by atoms with van der Waals surface area (Å²) in [5.74, 6) is 1.47. The Balaban J connectivity index is 1.49. The molecule has 0 spiro atoms. The van der Waals surface area contributed by atoms with Gasteiger partial charge in [-0.1, -0.05) is 18.2 Å². The molecular weight excluding hydrogens is 304 g/mol. The SMILES string of the molecule is O=C(N[C@H]1COc2ccccc21)c1cc(N2CCCCC2)ncn1. The Morgan fingerprint density at radius 2 is 2.00 bits per heavy atom. The Labute approximate surface area is 140 Å². The van der Waals surface area contributed by atoms with E-state index < -0.39 is 0 Å². The zero-order chi connectivity index (χ0) is 16.4. The lowest BCUT2D eigenvalue weighted by Crippen LogP contribution is -2.32. The third-order valence-corrected chi connectivity index (χ3v) is 4.57. The number of fused-ring (bicyclic) bond motifs is 1. The molecule has 6 nitrogen and oxygen atoms in total. The van der Waals surface area contributed by atoms with Crippen molar-refractivity contribution >= 4 is 11.7 Å². The topological polar surface area (TPSA) is 67.3 Å². The molecule has 0 radical (unpaired) electrons. The van der Waals surface area contributed by atoms with Crippen LogP contribution in [0, 0.1) is 0 Å². The molecular formula is C18H20N4O2. The van der Waals surface area contributed by atoms with Gasteiger partial charge >= 0.3 is 0 Å². The maximum atomic E-state index is 12.6. The summed E-state index contributed by atoms with van der Waals surface area (Å²) in [6, 6.07) is 9.42. The first kappa shape index (κ1) is 14.9. The third-order valence-electron chi connectivity index (χ3n) is 4.57. The van der Waals surface area contributed by atoms with Gasteiger partial charge in [-0.05, 0) is 25.3 Å². The summed E-state index contributed by atoms with van der Waals surface area (Å²) in [5.41, 5.74) is 1.41. The molecule has 1 aromatic heterocycles. The molecule has 0 bridgehead atoms. The van der Waals surface area contributed by atoms with Crippen LogP contribution < -0.4 is 15.0 Å². The van der Waals surface area contributed by atoms with E-state index in [0.29, 0.717) is 12.3 Å². The number of rotatable bonds is 3. The van der Waals surface area contributed by atoms with Gasteiger partial charge in [0.25, 0.3) is 5.91 Å². The van der Waals surface area contributed by atoms with E-state index in [1.807, 2.05) is 24.3 Å². The maximum absolute atomic E-state index is 12.6. The van der Waals surface area contributed by atoms with Crippen LogP contribution in [0.1, 0.15) is 41.4 Å². The van der Waals surface area contributed by atoms with Gasteiger partial charge in [-0.15, -0.1) is 0 Å². The molecule has 3 heterocycles. The van der Waals surface area contributed by atoms with E-state index in [2.05, 4.69) is 20.2 Å². The predicted molar refractivity (Wildman–Crippen MR) is 90.2 cm³/mol. The number of nitrogens with one attached hydrogen (secondary N) is 1. The van der Waals surface area contributed by atoms with Gasteiger partial charge in [-0.25, -0.2) is 9.97 Å². The van der Waals surface area contributed by atoms with Gasteiger partial charge in [0, 0.05) is 24.7 Å². The molecule has 1 aromatic carbocycles. The number of hydrogen-bond donors (Lipinski definition) is 1. The van der Waals surface area contributed by atoms with Crippen LogP contribution in [0.15, 0.2) is 36.7 Å². The first-order valence-corrected chi connectivity index (χ1v) is 8.41. The number of carbonyl (C=O) groups is 1. The highest BCUT2D eigenvalue weighted by molar-refractivity contribution is 5.93. The number of amides is 1. The smallest absolute Gasteiger partial charge is 0.270 e. The molecule has 0 saturated carbocycles. The number of aromatic nitrogens is 2. The molecule has 1 fully saturated rings. The monoisotopic (exact) mass is 324 g/mol. The van der Waals surface area contributed by atoms with E-state index in [1.165, 1.54) is 25.6 Å². The highest BCUT2D eigenvalue weighted by atomic mass is 16.5. The summed E-state index contributed by atoms with van der Waals surface area (Å²) in [4.78, 5) is 23.3. The lowest BCUT2D eigenvalue weighted by molar-refractivity contribution is 0.0925. The number of para-hydroxylation sites is 1. The zero-order valence-electron chi connectivity index (χ0n) is 13.4. The average Bonchev–Trinajstić information content (AvgIpc) is 3.06. The largest absolute Gasteiger partial charge is 0.491 e. The molecule has 1 amide bonds. The lowest BCUT2D eigenvalue weighted by Gasteiger charge is -2.27. The van der Waals surface area contributed by atoms with E-state index in [9.17, 15) is 4.79 Å². The summed E-state index contributed by atoms with van der Waals surface area (Å²) in [6.07, 6.45) is 5.07. The Morgan fingerprint density at radius 1 is 1.17 bits per heavy atom. The molecule has 1 atom stereocenters. The molecule has 4 rings (SSSR count). The van der Waals surface area contributed by atoms with Crippen LogP contribution >= 0.6 is 0 Å². The van der Waals surface area contributed by atoms with Crippen molar-refractivity contribution in [2.45, 2.75) is 25.3 Å². The highest BCUT2D eigenvalue weighted by Crippen LogP contribution is 2.31. The van der Waals surface area contributed by atoms with Crippen LogP contribution in [0.3, 0.4) is 0 Å². The minimum atomic E-state index is -0.194. The summed E-state index contributed by atoms with van der Waals surface area (Å²) in [7, 11) is 0. The van der Waals surface area contributed by atoms with Crippen LogP contribution in [-0.2, 0) is 0 Å². The molecule has 2 aromatic rings. The minimum absolute atomic E-state index is 0.137. The van der Waals surface area contributed by atoms with E-state index in [0.717, 1.165) is 30.2 Å². The van der Waals surface area contributed by atoms with E-state index in [4.69, 9.17) is 4.74 Å². The van der Waals surface area contributed by atoms with Crippen molar-refractivity contribution < 1.29 is 9.53 Å². The van der Waals surface area contributed by atoms with Gasteiger partial charge in [-0.2, -0.15) is 0 Å². The van der Waals surface area contributed by atoms with Gasteiger partial charge in [0.2, 0.25) is 0 Å². The first-order chi connectivity index (χ1) is 11.8. The number of piperidine rings is 1. The molecule has 0 unspecified atom stereocenters. The fourth-order valence-corrected chi connectivity index (χ4v) is 3.28. The van der Waals surface area contributed by atoms with Crippen molar-refractivity contribution in [3.8, 4) is 5.75 Å². The first-order valence-electron chi connectivity index (χ1n) is 8.41. The van der Waals surface area contributed by atoms with Crippen LogP contribution in [0.5, 0.6) is 5.75 Å². The average molecular weight is 324 g/mol. The molecule has 2 aliphatic rings. The minimum Gasteiger partial charge on any atom is -0.491 e. The van der Waals surface area contributed by atoms with Gasteiger partial charge in [0.05, 0.1) is 6.04 Å². The van der Waals surface area contributed by atoms with Crippen molar-refractivity contribution in [2.24, 2.45) is 0 Å². The molecule has 0 aliphatic carbocycles. The van der Waals surface area contributed by atoms with E-state index in [-0.39, 0.29) is 11.9 Å². The second-order valence-corrected chi connectivity index (χ2v) is 6.18. The van der Waals surface area contributed by atoms with Crippen molar-refractivity contribution in [1.29, 1.82) is 0 Å². The molecule has 24 heavy (non-hydrogen) atoms. The van der Waals surface area contributed by atoms with Crippen molar-refractivity contribution in [3.63, 3.8) is 0 Å². The van der Waals surface area contributed by atoms with Gasteiger partial charge in [0.15, 0.2) is 0 Å². The number of nitrogens with zero attached hydrogens (tertiary/aromatic N) is 3. The fraction of sp³-hybridized carbons (Fsp3) is 0.389. The van der Waals surface area contributed by atoms with Crippen molar-refractivity contribution in [2.75, 3.05) is 24.6 Å². The van der Waals surface area contributed by atoms with Gasteiger partial charge < -0.3 is 15.0 Å². The fourth-order valence-electron chi connectivity index (χ4n) is 3.28. The van der Waals surface area contributed by atoms with E-state index in [1.54, 1.807) is 6.07 Å². The van der Waals surface area contributed by atoms with Crippen LogP contribution in [0.4, 0.5) is 5.82 Å². The van der Waals surface area contributed by atoms with Gasteiger partial charge in [0.1, 0.15) is 30.2 Å². The second kappa shape index (κ2) is 6.47. The Bertz CT molecular complexity index is 743. The number of benzene rings is 1. The molecule has 124 valence electrons. The lowest BCUT2D eigenvalue weighted by atomic mass is 10.1. The number of carbonyl (C=O) groups excluding carboxylic acids is 1. The number of anilines is 1. The van der Waals surface area contributed by atoms with Crippen LogP contribution in [0.2, 0.25) is 0 Å². The Kier molecular flexibility index (Phi) is 4.02. The third kappa shape index (κ3) is 2.91. The summed E-state index contributed by atoms with van der Waals surface area (Å²) in [6.45, 7) is 2.43. The number of hydrogen-bond acceptors (Lipinski definition) is 5. The van der Waals surface area contributed by atoms with Crippen molar-refractivity contribution in [1.82, 2.24) is 15.3 Å². The van der Waals surface area contributed by atoms with Gasteiger partial charge in [-0.3, -0.25) is 4.79 Å². The van der Waals surface area contributed by atoms with Crippen molar-refractivity contribution in [3.05, 3.63) is 47.9 Å². The standard InChI is InChI=1S/C18H20N4O2/c23-18(21-15-11-24-16-7-3-2-6-13(15)16)14-10-17(20-12-19-14)22-8-4-1-5-9-22/h2-3,6-7,10,12,15H,1,4-5,8-9,11H2,(H,21,23)/t15-/m0/s1. The van der Waals surface area contributed by atoms with Crippen LogP contribution in [-0.4, -0.2) is 35.6 Å². The molecule has 2 aliphatic heterocycles. The summed E-state index contributed by atoms with van der Waals surface area (Å²) >= 11 is 0. The summed E-state index contributed by atoms with van der Waals surface area (Å²) < 4.78 is 5.61. The quantitative estimate of drug-likeness (QED) is 0.938. The Morgan fingerprint density at radius 3 is 2.88 bits per heavy atom. The Hall–Kier alpha value is -2.63. The summed E-state index contributed by atoms with van der Waals surface area (Å²) in [5, 5.41) is 3.01. The highest BCUT2D eigenvalue weighted by Gasteiger charge is 2.26. The molecule has 6 heteroatoms.